The predicted molar refractivity (Wildman–Crippen MR) is 106 cm³/mol. The lowest BCUT2D eigenvalue weighted by atomic mass is 10.1. The van der Waals surface area contributed by atoms with E-state index in [9.17, 15) is 22.4 Å². The van der Waals surface area contributed by atoms with Crippen molar-refractivity contribution in [3.8, 4) is 0 Å². The third-order valence-corrected chi connectivity index (χ3v) is 6.77. The molecular weight excluding hydrogens is 397 g/mol. The van der Waals surface area contributed by atoms with E-state index >= 15 is 0 Å². The van der Waals surface area contributed by atoms with Crippen molar-refractivity contribution in [1.29, 1.82) is 0 Å². The van der Waals surface area contributed by atoms with Crippen molar-refractivity contribution in [3.05, 3.63) is 82.0 Å². The van der Waals surface area contributed by atoms with E-state index in [1.165, 1.54) is 29.2 Å². The molecule has 1 amide bonds. The number of halogens is 1. The zero-order valence-electron chi connectivity index (χ0n) is 15.4. The first-order valence-electron chi connectivity index (χ1n) is 9.11. The summed E-state index contributed by atoms with van der Waals surface area (Å²) in [6.45, 7) is -0.0109. The molecule has 0 radical (unpaired) electrons. The highest BCUT2D eigenvalue weighted by atomic mass is 32.2. The standard InChI is InChI=1S/C21H18FNO5S/c22-16-6-3-4-14(10-16)12-23(17-8-9-29(26,27)13-17)20(24)18-11-15-5-1-2-7-19(15)28-21(18)25/h1-7,10-11,17H,8-9,12-13H2/t17-/m0/s1. The van der Waals surface area contributed by atoms with Crippen LogP contribution in [-0.2, 0) is 16.4 Å². The number of fused-ring (bicyclic) bond motifs is 1. The number of rotatable bonds is 4. The molecule has 1 aliphatic heterocycles. The van der Waals surface area contributed by atoms with Gasteiger partial charge in [-0.15, -0.1) is 0 Å². The van der Waals surface area contributed by atoms with Crippen LogP contribution in [0.15, 0.2) is 63.8 Å². The van der Waals surface area contributed by atoms with Crippen LogP contribution in [0.4, 0.5) is 4.39 Å². The fourth-order valence-electron chi connectivity index (χ4n) is 3.59. The molecule has 1 aromatic heterocycles. The lowest BCUT2D eigenvalue weighted by Crippen LogP contribution is -2.42. The first kappa shape index (κ1) is 19.3. The maximum Gasteiger partial charge on any atom is 0.349 e. The molecule has 1 saturated heterocycles. The highest BCUT2D eigenvalue weighted by Crippen LogP contribution is 2.23. The Kier molecular flexibility index (Phi) is 4.96. The van der Waals surface area contributed by atoms with Gasteiger partial charge in [0.25, 0.3) is 5.91 Å². The minimum Gasteiger partial charge on any atom is -0.422 e. The summed E-state index contributed by atoms with van der Waals surface area (Å²) in [5.41, 5.74) is -0.106. The number of hydrogen-bond acceptors (Lipinski definition) is 5. The van der Waals surface area contributed by atoms with Gasteiger partial charge in [-0.3, -0.25) is 4.79 Å². The lowest BCUT2D eigenvalue weighted by Gasteiger charge is -2.28. The quantitative estimate of drug-likeness (QED) is 0.612. The smallest absolute Gasteiger partial charge is 0.349 e. The summed E-state index contributed by atoms with van der Waals surface area (Å²) < 4.78 is 42.8. The zero-order valence-corrected chi connectivity index (χ0v) is 16.2. The molecule has 0 unspecified atom stereocenters. The molecule has 1 fully saturated rings. The number of para-hydroxylation sites is 1. The second-order valence-corrected chi connectivity index (χ2v) is 9.33. The van der Waals surface area contributed by atoms with Crippen LogP contribution in [0.25, 0.3) is 11.0 Å². The second kappa shape index (κ2) is 7.44. The molecule has 4 rings (SSSR count). The minimum atomic E-state index is -3.27. The molecule has 1 atom stereocenters. The molecular formula is C21H18FNO5S. The van der Waals surface area contributed by atoms with E-state index in [1.807, 2.05) is 0 Å². The van der Waals surface area contributed by atoms with E-state index < -0.39 is 33.2 Å². The molecule has 1 aliphatic rings. The third-order valence-electron chi connectivity index (χ3n) is 5.02. The van der Waals surface area contributed by atoms with E-state index in [-0.39, 0.29) is 30.0 Å². The summed E-state index contributed by atoms with van der Waals surface area (Å²) in [5.74, 6) is -1.31. The van der Waals surface area contributed by atoms with E-state index in [0.717, 1.165) is 0 Å². The van der Waals surface area contributed by atoms with Gasteiger partial charge in [-0.2, -0.15) is 0 Å². The number of amides is 1. The van der Waals surface area contributed by atoms with E-state index in [4.69, 9.17) is 4.42 Å². The molecule has 2 heterocycles. The van der Waals surface area contributed by atoms with Crippen molar-refractivity contribution in [1.82, 2.24) is 4.90 Å². The van der Waals surface area contributed by atoms with Crippen LogP contribution in [0.1, 0.15) is 22.3 Å². The summed E-state index contributed by atoms with van der Waals surface area (Å²) in [6, 6.07) is 13.4. The van der Waals surface area contributed by atoms with Crippen molar-refractivity contribution < 1.29 is 22.0 Å². The Balaban J connectivity index is 1.75. The Morgan fingerprint density at radius 1 is 1.14 bits per heavy atom. The van der Waals surface area contributed by atoms with Gasteiger partial charge in [0, 0.05) is 18.0 Å². The summed E-state index contributed by atoms with van der Waals surface area (Å²) in [5, 5.41) is 0.584. The molecule has 0 spiro atoms. The average Bonchev–Trinajstić information content (AvgIpc) is 3.04. The van der Waals surface area contributed by atoms with E-state index in [1.54, 1.807) is 30.3 Å². The first-order valence-corrected chi connectivity index (χ1v) is 10.9. The Morgan fingerprint density at radius 2 is 1.93 bits per heavy atom. The van der Waals surface area contributed by atoms with Crippen molar-refractivity contribution in [3.63, 3.8) is 0 Å². The van der Waals surface area contributed by atoms with Crippen LogP contribution < -0.4 is 5.63 Å². The van der Waals surface area contributed by atoms with Gasteiger partial charge in [0.05, 0.1) is 11.5 Å². The SMILES string of the molecule is O=C(c1cc2ccccc2oc1=O)N(Cc1cccc(F)c1)[C@H]1CCS(=O)(=O)C1. The van der Waals surface area contributed by atoms with Crippen molar-refractivity contribution in [2.24, 2.45) is 0 Å². The monoisotopic (exact) mass is 415 g/mol. The minimum absolute atomic E-state index is 0.0109. The predicted octanol–water partition coefficient (Wildman–Crippen LogP) is 2.76. The molecule has 6 nitrogen and oxygen atoms in total. The normalized spacial score (nSPS) is 18.0. The number of nitrogens with zero attached hydrogens (tertiary/aromatic N) is 1. The van der Waals surface area contributed by atoms with Gasteiger partial charge < -0.3 is 9.32 Å². The maximum absolute atomic E-state index is 13.6. The van der Waals surface area contributed by atoms with Crippen LogP contribution >= 0.6 is 0 Å². The van der Waals surface area contributed by atoms with Gasteiger partial charge in [-0.05, 0) is 36.2 Å². The van der Waals surface area contributed by atoms with Crippen molar-refractivity contribution in [2.45, 2.75) is 19.0 Å². The summed E-state index contributed by atoms with van der Waals surface area (Å²) in [4.78, 5) is 27.0. The van der Waals surface area contributed by atoms with E-state index in [0.29, 0.717) is 16.5 Å². The van der Waals surface area contributed by atoms with Gasteiger partial charge in [0.15, 0.2) is 9.84 Å². The summed E-state index contributed by atoms with van der Waals surface area (Å²) >= 11 is 0. The fraction of sp³-hybridized carbons (Fsp3) is 0.238. The van der Waals surface area contributed by atoms with Gasteiger partial charge in [-0.1, -0.05) is 30.3 Å². The lowest BCUT2D eigenvalue weighted by molar-refractivity contribution is 0.0676. The Labute approximate surface area is 166 Å². The molecule has 0 N–H and O–H groups in total. The van der Waals surface area contributed by atoms with E-state index in [2.05, 4.69) is 0 Å². The fourth-order valence-corrected chi connectivity index (χ4v) is 5.32. The van der Waals surface area contributed by atoms with Crippen molar-refractivity contribution >= 4 is 26.7 Å². The largest absolute Gasteiger partial charge is 0.422 e. The Hall–Kier alpha value is -3.00. The molecule has 150 valence electrons. The molecule has 29 heavy (non-hydrogen) atoms. The number of carbonyl (C=O) groups is 1. The zero-order chi connectivity index (χ0) is 20.6. The van der Waals surface area contributed by atoms with Crippen LogP contribution in [0, 0.1) is 5.82 Å². The molecule has 0 bridgehead atoms. The number of hydrogen-bond donors (Lipinski definition) is 0. The summed E-state index contributed by atoms with van der Waals surface area (Å²) in [6.07, 6.45) is 0.266. The van der Waals surface area contributed by atoms with Gasteiger partial charge in [-0.25, -0.2) is 17.6 Å². The highest BCUT2D eigenvalue weighted by Gasteiger charge is 2.36. The van der Waals surface area contributed by atoms with Crippen LogP contribution in [0.2, 0.25) is 0 Å². The summed E-state index contributed by atoms with van der Waals surface area (Å²) in [7, 11) is -3.27. The average molecular weight is 415 g/mol. The van der Waals surface area contributed by atoms with Crippen LogP contribution in [-0.4, -0.2) is 36.8 Å². The second-order valence-electron chi connectivity index (χ2n) is 7.11. The first-order chi connectivity index (χ1) is 13.8. The van der Waals surface area contributed by atoms with Gasteiger partial charge in [0.1, 0.15) is 17.0 Å². The Bertz CT molecular complexity index is 1250. The maximum atomic E-state index is 13.6. The number of benzene rings is 2. The molecule has 8 heteroatoms. The van der Waals surface area contributed by atoms with Crippen molar-refractivity contribution in [2.75, 3.05) is 11.5 Å². The number of sulfone groups is 1. The molecule has 0 aliphatic carbocycles. The topological polar surface area (TPSA) is 84.7 Å². The van der Waals surface area contributed by atoms with Crippen LogP contribution in [0.5, 0.6) is 0 Å². The van der Waals surface area contributed by atoms with Crippen LogP contribution in [0.3, 0.4) is 0 Å². The Morgan fingerprint density at radius 3 is 2.66 bits per heavy atom. The van der Waals surface area contributed by atoms with Gasteiger partial charge >= 0.3 is 5.63 Å². The highest BCUT2D eigenvalue weighted by molar-refractivity contribution is 7.91. The molecule has 2 aromatic carbocycles. The molecule has 0 saturated carbocycles. The molecule has 3 aromatic rings. The number of carbonyl (C=O) groups excluding carboxylic acids is 1. The third kappa shape index (κ3) is 4.07. The van der Waals surface area contributed by atoms with Gasteiger partial charge in [0.2, 0.25) is 0 Å².